The van der Waals surface area contributed by atoms with E-state index in [2.05, 4.69) is 15.0 Å². The predicted octanol–water partition coefficient (Wildman–Crippen LogP) is 1.97. The third-order valence-corrected chi connectivity index (χ3v) is 7.06. The van der Waals surface area contributed by atoms with Gasteiger partial charge in [-0.25, -0.2) is 18.2 Å². The molecule has 140 valence electrons. The lowest BCUT2D eigenvalue weighted by Gasteiger charge is -2.32. The van der Waals surface area contributed by atoms with Crippen LogP contribution < -0.4 is 5.69 Å². The van der Waals surface area contributed by atoms with E-state index in [4.69, 9.17) is 0 Å². The van der Waals surface area contributed by atoms with Crippen LogP contribution in [0.1, 0.15) is 38.6 Å². The van der Waals surface area contributed by atoms with Crippen molar-refractivity contribution in [3.63, 3.8) is 0 Å². The summed E-state index contributed by atoms with van der Waals surface area (Å²) in [6.07, 6.45) is 6.46. The van der Waals surface area contributed by atoms with Gasteiger partial charge in [0.25, 0.3) is 0 Å². The standard InChI is InChI=1S/C17H23N5O3S/c1-2-3-9-26(24,25)21-8-4-5-12(11-21)22-15-13-6-7-18-16(13)19-10-14(15)20-17(22)23/h6-7,10,12H,2-5,8-9,11H2,1H3,(H,18,19)(H,20,23)/t12-/m1/s1. The van der Waals surface area contributed by atoms with Crippen molar-refractivity contribution < 1.29 is 8.42 Å². The van der Waals surface area contributed by atoms with Crippen molar-refractivity contribution in [3.8, 4) is 0 Å². The Morgan fingerprint density at radius 3 is 3.04 bits per heavy atom. The topological polar surface area (TPSA) is 104 Å². The van der Waals surface area contributed by atoms with Crippen LogP contribution in [0.15, 0.2) is 23.3 Å². The average Bonchev–Trinajstić information content (AvgIpc) is 3.23. The fraction of sp³-hybridized carbons (Fsp3) is 0.529. The van der Waals surface area contributed by atoms with Gasteiger partial charge in [-0.3, -0.25) is 4.57 Å². The molecule has 1 aliphatic heterocycles. The first-order valence-electron chi connectivity index (χ1n) is 9.05. The zero-order valence-electron chi connectivity index (χ0n) is 14.7. The highest BCUT2D eigenvalue weighted by Crippen LogP contribution is 2.28. The van der Waals surface area contributed by atoms with E-state index >= 15 is 0 Å². The number of imidazole rings is 1. The first kappa shape index (κ1) is 17.3. The van der Waals surface area contributed by atoms with Gasteiger partial charge in [0.05, 0.1) is 29.0 Å². The number of unbranched alkanes of at least 4 members (excludes halogenated alkanes) is 1. The Balaban J connectivity index is 1.74. The van der Waals surface area contributed by atoms with Gasteiger partial charge < -0.3 is 9.97 Å². The van der Waals surface area contributed by atoms with Gasteiger partial charge in [-0.2, -0.15) is 4.31 Å². The van der Waals surface area contributed by atoms with Crippen LogP contribution in [-0.4, -0.2) is 51.1 Å². The van der Waals surface area contributed by atoms with E-state index in [1.165, 1.54) is 0 Å². The molecule has 4 heterocycles. The van der Waals surface area contributed by atoms with Crippen molar-refractivity contribution in [2.45, 2.75) is 38.6 Å². The van der Waals surface area contributed by atoms with Gasteiger partial charge >= 0.3 is 5.69 Å². The molecule has 0 unspecified atom stereocenters. The Kier molecular flexibility index (Phi) is 4.36. The molecule has 0 aromatic carbocycles. The molecule has 1 atom stereocenters. The Labute approximate surface area is 151 Å². The minimum Gasteiger partial charge on any atom is -0.346 e. The highest BCUT2D eigenvalue weighted by molar-refractivity contribution is 7.89. The second-order valence-electron chi connectivity index (χ2n) is 6.88. The van der Waals surface area contributed by atoms with Crippen molar-refractivity contribution in [2.24, 2.45) is 0 Å². The molecule has 8 nitrogen and oxygen atoms in total. The molecular weight excluding hydrogens is 354 g/mol. The van der Waals surface area contributed by atoms with Crippen LogP contribution in [0.25, 0.3) is 22.1 Å². The molecule has 1 aliphatic rings. The third kappa shape index (κ3) is 2.84. The van der Waals surface area contributed by atoms with Gasteiger partial charge in [-0.1, -0.05) is 13.3 Å². The highest BCUT2D eigenvalue weighted by Gasteiger charge is 2.31. The number of rotatable bonds is 5. The highest BCUT2D eigenvalue weighted by atomic mass is 32.2. The summed E-state index contributed by atoms with van der Waals surface area (Å²) < 4.78 is 28.5. The molecule has 0 amide bonds. The Morgan fingerprint density at radius 2 is 2.23 bits per heavy atom. The SMILES string of the molecule is CCCCS(=O)(=O)N1CCC[C@@H](n2c(=O)[nH]c3cnc4[nH]ccc4c32)C1. The average molecular weight is 377 g/mol. The molecule has 4 rings (SSSR count). The Morgan fingerprint density at radius 1 is 1.38 bits per heavy atom. The minimum absolute atomic E-state index is 0.172. The van der Waals surface area contributed by atoms with Crippen LogP contribution in [0, 0.1) is 0 Å². The number of aromatic nitrogens is 4. The number of pyridine rings is 1. The first-order valence-corrected chi connectivity index (χ1v) is 10.7. The predicted molar refractivity (Wildman–Crippen MR) is 101 cm³/mol. The van der Waals surface area contributed by atoms with Gasteiger partial charge in [0, 0.05) is 24.7 Å². The van der Waals surface area contributed by atoms with E-state index in [0.717, 1.165) is 30.2 Å². The third-order valence-electron chi connectivity index (χ3n) is 5.13. The molecule has 1 saturated heterocycles. The fourth-order valence-corrected chi connectivity index (χ4v) is 5.53. The maximum Gasteiger partial charge on any atom is 0.326 e. The second-order valence-corrected chi connectivity index (χ2v) is 8.97. The monoisotopic (exact) mass is 377 g/mol. The normalized spacial score (nSPS) is 19.5. The van der Waals surface area contributed by atoms with Crippen molar-refractivity contribution >= 4 is 32.1 Å². The van der Waals surface area contributed by atoms with E-state index in [1.807, 2.05) is 13.0 Å². The number of H-pyrrole nitrogens is 2. The number of piperidine rings is 1. The molecule has 0 radical (unpaired) electrons. The molecule has 1 fully saturated rings. The first-order chi connectivity index (χ1) is 12.5. The van der Waals surface area contributed by atoms with E-state index in [1.54, 1.807) is 21.3 Å². The van der Waals surface area contributed by atoms with Crippen LogP contribution in [0.4, 0.5) is 0 Å². The lowest BCUT2D eigenvalue weighted by Crippen LogP contribution is -2.43. The van der Waals surface area contributed by atoms with Crippen LogP contribution in [0.3, 0.4) is 0 Å². The number of hydrogen-bond acceptors (Lipinski definition) is 4. The van der Waals surface area contributed by atoms with Crippen molar-refractivity contribution in [2.75, 3.05) is 18.8 Å². The van der Waals surface area contributed by atoms with Crippen LogP contribution in [-0.2, 0) is 10.0 Å². The van der Waals surface area contributed by atoms with Crippen molar-refractivity contribution in [3.05, 3.63) is 28.9 Å². The summed E-state index contributed by atoms with van der Waals surface area (Å²) in [6.45, 7) is 2.85. The van der Waals surface area contributed by atoms with E-state index in [9.17, 15) is 13.2 Å². The maximum atomic E-state index is 12.6. The van der Waals surface area contributed by atoms with Crippen molar-refractivity contribution in [1.82, 2.24) is 23.8 Å². The molecule has 9 heteroatoms. The molecule has 3 aromatic rings. The zero-order chi connectivity index (χ0) is 18.3. The number of fused-ring (bicyclic) bond motifs is 3. The summed E-state index contributed by atoms with van der Waals surface area (Å²) in [5.74, 6) is 0.172. The van der Waals surface area contributed by atoms with Crippen LogP contribution in [0.5, 0.6) is 0 Å². The molecular formula is C17H23N5O3S. The summed E-state index contributed by atoms with van der Waals surface area (Å²) >= 11 is 0. The number of aromatic amines is 2. The molecule has 0 saturated carbocycles. The van der Waals surface area contributed by atoms with E-state index < -0.39 is 10.0 Å². The molecule has 3 aromatic heterocycles. The smallest absolute Gasteiger partial charge is 0.326 e. The van der Waals surface area contributed by atoms with Gasteiger partial charge in [0.2, 0.25) is 10.0 Å². The Bertz CT molecular complexity index is 1090. The second kappa shape index (κ2) is 6.55. The largest absolute Gasteiger partial charge is 0.346 e. The zero-order valence-corrected chi connectivity index (χ0v) is 15.6. The lowest BCUT2D eigenvalue weighted by atomic mass is 10.1. The van der Waals surface area contributed by atoms with Gasteiger partial charge in [-0.05, 0) is 25.3 Å². The minimum atomic E-state index is -3.28. The van der Waals surface area contributed by atoms with Gasteiger partial charge in [0.15, 0.2) is 0 Å². The van der Waals surface area contributed by atoms with Gasteiger partial charge in [0.1, 0.15) is 5.65 Å². The molecule has 0 bridgehead atoms. The number of hydrogen-bond donors (Lipinski definition) is 2. The number of sulfonamides is 1. The van der Waals surface area contributed by atoms with E-state index in [0.29, 0.717) is 30.7 Å². The number of nitrogens with one attached hydrogen (secondary N) is 2. The fourth-order valence-electron chi connectivity index (χ4n) is 3.81. The Hall–Kier alpha value is -2.13. The maximum absolute atomic E-state index is 12.6. The molecule has 0 spiro atoms. The quantitative estimate of drug-likeness (QED) is 0.709. The number of nitrogens with zero attached hydrogens (tertiary/aromatic N) is 3. The summed E-state index contributed by atoms with van der Waals surface area (Å²) in [6, 6.07) is 1.72. The van der Waals surface area contributed by atoms with Crippen molar-refractivity contribution in [1.29, 1.82) is 0 Å². The van der Waals surface area contributed by atoms with E-state index in [-0.39, 0.29) is 17.5 Å². The summed E-state index contributed by atoms with van der Waals surface area (Å²) in [5, 5.41) is 0.867. The molecule has 26 heavy (non-hydrogen) atoms. The lowest BCUT2D eigenvalue weighted by molar-refractivity contribution is 0.267. The van der Waals surface area contributed by atoms with Crippen LogP contribution >= 0.6 is 0 Å². The molecule has 2 N–H and O–H groups in total. The van der Waals surface area contributed by atoms with Gasteiger partial charge in [-0.15, -0.1) is 0 Å². The summed E-state index contributed by atoms with van der Waals surface area (Å²) in [7, 11) is -3.28. The molecule has 0 aliphatic carbocycles. The van der Waals surface area contributed by atoms with Crippen LogP contribution in [0.2, 0.25) is 0 Å². The summed E-state index contributed by atoms with van der Waals surface area (Å²) in [5.41, 5.74) is 1.97. The summed E-state index contributed by atoms with van der Waals surface area (Å²) in [4.78, 5) is 22.9.